The van der Waals surface area contributed by atoms with E-state index >= 15 is 0 Å². The van der Waals surface area contributed by atoms with E-state index in [2.05, 4.69) is 0 Å². The summed E-state index contributed by atoms with van der Waals surface area (Å²) in [5, 5.41) is 22.0. The lowest BCUT2D eigenvalue weighted by atomic mass is 9.67. The maximum absolute atomic E-state index is 13.0. The van der Waals surface area contributed by atoms with E-state index in [0.29, 0.717) is 18.4 Å². The quantitative estimate of drug-likeness (QED) is 0.729. The number of Topliss-reactive ketones (excluding diaryl/α,β-unsaturated/α-hetero) is 1. The summed E-state index contributed by atoms with van der Waals surface area (Å²) in [6, 6.07) is 6.31. The Morgan fingerprint density at radius 2 is 1.72 bits per heavy atom. The van der Waals surface area contributed by atoms with Gasteiger partial charge in [0, 0.05) is 16.4 Å². The number of ketones is 1. The SMILES string of the molecule is CC1=C2C(=CC(C)(COS(=O)(=O)c3ccc(C)cc3)C2O)C(=O)C(C)(O)C12CC2. The number of rotatable bonds is 4. The summed E-state index contributed by atoms with van der Waals surface area (Å²) in [6.07, 6.45) is 1.86. The second-order valence-corrected chi connectivity index (χ2v) is 10.6. The van der Waals surface area contributed by atoms with Crippen molar-refractivity contribution in [3.8, 4) is 0 Å². The summed E-state index contributed by atoms with van der Waals surface area (Å²) in [6.45, 7) is 6.58. The molecule has 1 saturated carbocycles. The van der Waals surface area contributed by atoms with Gasteiger partial charge in [-0.3, -0.25) is 8.98 Å². The van der Waals surface area contributed by atoms with Crippen molar-refractivity contribution in [3.05, 3.63) is 52.6 Å². The molecule has 6 nitrogen and oxygen atoms in total. The molecule has 0 amide bonds. The third kappa shape index (κ3) is 2.79. The minimum atomic E-state index is -4.01. The number of aliphatic hydroxyl groups is 2. The van der Waals surface area contributed by atoms with Gasteiger partial charge in [-0.15, -0.1) is 0 Å². The van der Waals surface area contributed by atoms with Crippen LogP contribution in [0.4, 0.5) is 0 Å². The molecule has 0 aromatic heterocycles. The standard InChI is InChI=1S/C22H26O6S/c1-13-5-7-15(8-6-13)29(26,27)28-12-20(3)11-16-17(19(20)24)14(2)22(9-10-22)21(4,25)18(16)23/h5-8,11,19,24-25H,9-10,12H2,1-4H3. The molecule has 2 N–H and O–H groups in total. The smallest absolute Gasteiger partial charge is 0.297 e. The van der Waals surface area contributed by atoms with Crippen LogP contribution in [0.15, 0.2) is 52.0 Å². The maximum atomic E-state index is 13.0. The van der Waals surface area contributed by atoms with Crippen LogP contribution < -0.4 is 0 Å². The van der Waals surface area contributed by atoms with E-state index in [9.17, 15) is 23.4 Å². The predicted octanol–water partition coefficient (Wildman–Crippen LogP) is 2.44. The van der Waals surface area contributed by atoms with Crippen molar-refractivity contribution in [1.29, 1.82) is 0 Å². The number of aliphatic hydroxyl groups excluding tert-OH is 1. The van der Waals surface area contributed by atoms with Crippen molar-refractivity contribution in [3.63, 3.8) is 0 Å². The number of hydrogen-bond acceptors (Lipinski definition) is 6. The monoisotopic (exact) mass is 418 g/mol. The minimum absolute atomic E-state index is 0.0376. The van der Waals surface area contributed by atoms with E-state index in [1.54, 1.807) is 25.1 Å². The van der Waals surface area contributed by atoms with Crippen LogP contribution in [-0.4, -0.2) is 42.7 Å². The Bertz CT molecular complexity index is 1060. The molecule has 3 aliphatic carbocycles. The molecule has 1 aromatic carbocycles. The summed E-state index contributed by atoms with van der Waals surface area (Å²) in [5.41, 5.74) is -0.724. The lowest BCUT2D eigenvalue weighted by molar-refractivity contribution is -0.138. The van der Waals surface area contributed by atoms with Gasteiger partial charge in [0.05, 0.1) is 17.6 Å². The number of fused-ring (bicyclic) bond motifs is 1. The Hall–Kier alpha value is -1.80. The summed E-state index contributed by atoms with van der Waals surface area (Å²) in [5.74, 6) is -0.417. The minimum Gasteiger partial charge on any atom is -0.387 e. The summed E-state index contributed by atoms with van der Waals surface area (Å²) >= 11 is 0. The zero-order valence-corrected chi connectivity index (χ0v) is 17.8. The van der Waals surface area contributed by atoms with Gasteiger partial charge in [0.25, 0.3) is 10.1 Å². The first-order chi connectivity index (χ1) is 13.4. The number of carbonyl (C=O) groups is 1. The van der Waals surface area contributed by atoms with Gasteiger partial charge in [0.1, 0.15) is 5.60 Å². The molecule has 0 aliphatic heterocycles. The first-order valence-electron chi connectivity index (χ1n) is 9.72. The molecule has 0 bridgehead atoms. The van der Waals surface area contributed by atoms with Crippen molar-refractivity contribution < 1.29 is 27.6 Å². The second-order valence-electron chi connectivity index (χ2n) is 9.02. The van der Waals surface area contributed by atoms with Crippen LogP contribution in [-0.2, 0) is 19.1 Å². The van der Waals surface area contributed by atoms with Crippen molar-refractivity contribution in [2.45, 2.75) is 57.1 Å². The molecule has 0 heterocycles. The van der Waals surface area contributed by atoms with Crippen LogP contribution in [0.3, 0.4) is 0 Å². The molecular formula is C22H26O6S. The Labute approximate surface area is 171 Å². The summed E-state index contributed by atoms with van der Waals surface area (Å²) in [7, 11) is -4.01. The van der Waals surface area contributed by atoms with Crippen LogP contribution in [0, 0.1) is 17.8 Å². The van der Waals surface area contributed by atoms with Gasteiger partial charge in [0.2, 0.25) is 0 Å². The van der Waals surface area contributed by atoms with Crippen molar-refractivity contribution in [1.82, 2.24) is 0 Å². The number of carbonyl (C=O) groups excluding carboxylic acids is 1. The maximum Gasteiger partial charge on any atom is 0.297 e. The van der Waals surface area contributed by atoms with Crippen LogP contribution in [0.25, 0.3) is 0 Å². The molecule has 7 heteroatoms. The normalized spacial score (nSPS) is 33.1. The van der Waals surface area contributed by atoms with E-state index in [4.69, 9.17) is 4.18 Å². The zero-order valence-electron chi connectivity index (χ0n) is 17.0. The van der Waals surface area contributed by atoms with Gasteiger partial charge >= 0.3 is 0 Å². The van der Waals surface area contributed by atoms with E-state index in [1.807, 2.05) is 13.8 Å². The van der Waals surface area contributed by atoms with Crippen molar-refractivity contribution >= 4 is 15.9 Å². The van der Waals surface area contributed by atoms with Crippen LogP contribution in [0.2, 0.25) is 0 Å². The lowest BCUT2D eigenvalue weighted by Crippen LogP contribution is -2.50. The average molecular weight is 419 g/mol. The van der Waals surface area contributed by atoms with Gasteiger partial charge in [-0.1, -0.05) is 36.3 Å². The molecule has 1 spiro atoms. The van der Waals surface area contributed by atoms with Gasteiger partial charge in [-0.05, 0) is 51.3 Å². The van der Waals surface area contributed by atoms with Crippen molar-refractivity contribution in [2.75, 3.05) is 6.61 Å². The van der Waals surface area contributed by atoms with Crippen LogP contribution in [0.1, 0.15) is 39.2 Å². The van der Waals surface area contributed by atoms with Gasteiger partial charge < -0.3 is 10.2 Å². The second kappa shape index (κ2) is 6.11. The van der Waals surface area contributed by atoms with Crippen molar-refractivity contribution in [2.24, 2.45) is 10.8 Å². The zero-order chi connectivity index (χ0) is 21.4. The number of hydrogen-bond donors (Lipinski definition) is 2. The molecule has 0 radical (unpaired) electrons. The molecular weight excluding hydrogens is 392 g/mol. The fraction of sp³-hybridized carbons (Fsp3) is 0.500. The molecule has 3 unspecified atom stereocenters. The third-order valence-electron chi connectivity index (χ3n) is 6.99. The molecule has 1 fully saturated rings. The summed E-state index contributed by atoms with van der Waals surface area (Å²) in [4.78, 5) is 13.0. The molecule has 0 saturated heterocycles. The number of aryl methyl sites for hydroxylation is 1. The van der Waals surface area contributed by atoms with E-state index < -0.39 is 38.4 Å². The van der Waals surface area contributed by atoms with E-state index in [0.717, 1.165) is 11.1 Å². The van der Waals surface area contributed by atoms with E-state index in [-0.39, 0.29) is 17.1 Å². The van der Waals surface area contributed by atoms with Gasteiger partial charge in [0.15, 0.2) is 5.78 Å². The molecule has 4 rings (SSSR count). The first-order valence-corrected chi connectivity index (χ1v) is 11.1. The average Bonchev–Trinajstić information content (AvgIpc) is 3.42. The highest BCUT2D eigenvalue weighted by Gasteiger charge is 2.66. The van der Waals surface area contributed by atoms with Gasteiger partial charge in [-0.25, -0.2) is 0 Å². The first kappa shape index (κ1) is 20.5. The predicted molar refractivity (Wildman–Crippen MR) is 107 cm³/mol. The molecule has 1 aromatic rings. The Morgan fingerprint density at radius 3 is 2.28 bits per heavy atom. The molecule has 29 heavy (non-hydrogen) atoms. The van der Waals surface area contributed by atoms with Crippen LogP contribution >= 0.6 is 0 Å². The Morgan fingerprint density at radius 1 is 1.14 bits per heavy atom. The molecule has 3 atom stereocenters. The highest BCUT2D eigenvalue weighted by atomic mass is 32.2. The highest BCUT2D eigenvalue weighted by molar-refractivity contribution is 7.86. The van der Waals surface area contributed by atoms with Gasteiger partial charge in [-0.2, -0.15) is 8.42 Å². The lowest BCUT2D eigenvalue weighted by Gasteiger charge is -2.39. The fourth-order valence-corrected chi connectivity index (χ4v) is 5.76. The Balaban J connectivity index is 1.66. The topological polar surface area (TPSA) is 101 Å². The largest absolute Gasteiger partial charge is 0.387 e. The summed E-state index contributed by atoms with van der Waals surface area (Å²) < 4.78 is 30.4. The number of benzene rings is 1. The highest BCUT2D eigenvalue weighted by Crippen LogP contribution is 2.65. The fourth-order valence-electron chi connectivity index (χ4n) is 4.75. The van der Waals surface area contributed by atoms with E-state index in [1.165, 1.54) is 19.1 Å². The third-order valence-corrected chi connectivity index (χ3v) is 8.27. The molecule has 3 aliphatic rings. The Kier molecular flexibility index (Phi) is 4.31. The van der Waals surface area contributed by atoms with Crippen LogP contribution in [0.5, 0.6) is 0 Å². The molecule has 156 valence electrons.